The van der Waals surface area contributed by atoms with Gasteiger partial charge < -0.3 is 29.0 Å². The van der Waals surface area contributed by atoms with Crippen molar-refractivity contribution in [3.05, 3.63) is 131 Å². The minimum absolute atomic E-state index is 0.0231. The average Bonchev–Trinajstić information content (AvgIpc) is 3.71. The molecule has 7 aromatic rings. The molecule has 1 fully saturated rings. The number of aromatic nitrogens is 4. The van der Waals surface area contributed by atoms with Crippen molar-refractivity contribution in [1.29, 1.82) is 0 Å². The van der Waals surface area contributed by atoms with Gasteiger partial charge in [0, 0.05) is 62.7 Å². The molecule has 16 heteroatoms. The lowest BCUT2D eigenvalue weighted by Gasteiger charge is -2.32. The van der Waals surface area contributed by atoms with Crippen molar-refractivity contribution in [2.75, 3.05) is 53.5 Å². The summed E-state index contributed by atoms with van der Waals surface area (Å²) in [5.74, 6) is -1.25. The van der Waals surface area contributed by atoms with E-state index in [0.29, 0.717) is 78.4 Å². The number of carboxylic acid groups (broad SMARTS) is 1. The van der Waals surface area contributed by atoms with Gasteiger partial charge in [0.2, 0.25) is 12.0 Å². The molecule has 12 nitrogen and oxygen atoms in total. The van der Waals surface area contributed by atoms with Gasteiger partial charge in [-0.25, -0.2) is 23.5 Å². The molecule has 63 heavy (non-hydrogen) atoms. The number of likely N-dealkylation sites (N-methyl/N-ethyl adjacent to an activating group) is 1. The molecule has 8 rings (SSSR count). The molecule has 1 N–H and O–H groups in total. The number of piperazine rings is 1. The minimum Gasteiger partial charge on any atom is -0.496 e. The number of benzene rings is 4. The summed E-state index contributed by atoms with van der Waals surface area (Å²) in [7, 11) is 3.69. The fraction of sp³-hybridized carbons (Fsp3) is 0.255. The molecule has 324 valence electrons. The van der Waals surface area contributed by atoms with Crippen LogP contribution in [0.15, 0.2) is 97.3 Å². The first kappa shape index (κ1) is 43.4. The lowest BCUT2D eigenvalue weighted by atomic mass is 9.93. The van der Waals surface area contributed by atoms with E-state index in [1.807, 2.05) is 37.3 Å². The standard InChI is InChI=1S/C47H43ClF2N6O6S/c1-28-32(13-15-38(43(28)48)60-23-22-56-20-18-55(2)19-21-56)41-42-40(26-52-44(41)30-12-14-34(49)35(50)24-30)63-54-46(42)62-39(47(57)58)25-29-8-4-6-10-36(29)61-27-31-16-17-51-45(53-31)33-9-5-7-11-37(33)59-3/h4-17,24,26,39H,18-23,25,27H2,1-3H3,(H,57,58). The van der Waals surface area contributed by atoms with Gasteiger partial charge in [0.1, 0.15) is 30.5 Å². The van der Waals surface area contributed by atoms with Gasteiger partial charge in [-0.15, -0.1) is 0 Å². The fourth-order valence-corrected chi connectivity index (χ4v) is 8.35. The number of para-hydroxylation sites is 2. The van der Waals surface area contributed by atoms with E-state index < -0.39 is 23.7 Å². The molecular weight excluding hydrogens is 850 g/mol. The van der Waals surface area contributed by atoms with Crippen molar-refractivity contribution >= 4 is 39.2 Å². The summed E-state index contributed by atoms with van der Waals surface area (Å²) in [5, 5.41) is 11.4. The molecule has 1 aliphatic heterocycles. The quantitative estimate of drug-likeness (QED) is 0.0993. The third-order valence-electron chi connectivity index (χ3n) is 10.9. The number of hydrogen-bond donors (Lipinski definition) is 1. The van der Waals surface area contributed by atoms with Crippen molar-refractivity contribution in [3.63, 3.8) is 0 Å². The summed E-state index contributed by atoms with van der Waals surface area (Å²) in [4.78, 5) is 31.4. The number of ether oxygens (including phenoxy) is 4. The first-order valence-electron chi connectivity index (χ1n) is 20.2. The summed E-state index contributed by atoms with van der Waals surface area (Å²) in [6, 6.07) is 23.4. The Morgan fingerprint density at radius 1 is 0.905 bits per heavy atom. The van der Waals surface area contributed by atoms with Crippen molar-refractivity contribution in [3.8, 4) is 56.9 Å². The third kappa shape index (κ3) is 9.71. The fourth-order valence-electron chi connectivity index (χ4n) is 7.43. The number of hydrogen-bond acceptors (Lipinski definition) is 12. The second-order valence-corrected chi connectivity index (χ2v) is 16.2. The highest BCUT2D eigenvalue weighted by Gasteiger charge is 2.28. The van der Waals surface area contributed by atoms with E-state index in [4.69, 9.17) is 35.5 Å². The van der Waals surface area contributed by atoms with Crippen LogP contribution in [0.25, 0.3) is 43.9 Å². The van der Waals surface area contributed by atoms with Crippen LogP contribution in [0.3, 0.4) is 0 Å². The Balaban J connectivity index is 1.09. The SMILES string of the molecule is COc1ccccc1-c1nccc(COc2ccccc2CC(Oc2nsc3cnc(-c4ccc(F)c(F)c4)c(-c4ccc(OCCN5CCN(C)CC5)c(Cl)c4C)c23)C(=O)O)n1. The van der Waals surface area contributed by atoms with Gasteiger partial charge in [-0.1, -0.05) is 48.0 Å². The second-order valence-electron chi connectivity index (χ2n) is 15.0. The molecule has 0 amide bonds. The minimum atomic E-state index is -1.43. The maximum Gasteiger partial charge on any atom is 0.345 e. The Morgan fingerprint density at radius 2 is 1.68 bits per heavy atom. The van der Waals surface area contributed by atoms with Gasteiger partial charge in [-0.3, -0.25) is 9.88 Å². The summed E-state index contributed by atoms with van der Waals surface area (Å²) >= 11 is 8.09. The Hall–Kier alpha value is -6.26. The van der Waals surface area contributed by atoms with Crippen molar-refractivity contribution < 1.29 is 37.6 Å². The van der Waals surface area contributed by atoms with Gasteiger partial charge in [0.05, 0.1) is 39.2 Å². The zero-order chi connectivity index (χ0) is 44.0. The molecule has 1 unspecified atom stereocenters. The number of nitrogens with zero attached hydrogens (tertiary/aromatic N) is 6. The lowest BCUT2D eigenvalue weighted by Crippen LogP contribution is -2.45. The van der Waals surface area contributed by atoms with Crippen LogP contribution in [0.2, 0.25) is 5.02 Å². The van der Waals surface area contributed by atoms with E-state index in [1.54, 1.807) is 55.9 Å². The zero-order valence-electron chi connectivity index (χ0n) is 34.7. The molecule has 0 aliphatic carbocycles. The Kier molecular flexibility index (Phi) is 13.4. The normalized spacial score (nSPS) is 13.8. The zero-order valence-corrected chi connectivity index (χ0v) is 36.3. The van der Waals surface area contributed by atoms with Crippen LogP contribution >= 0.6 is 23.1 Å². The number of carbonyl (C=O) groups is 1. The van der Waals surface area contributed by atoms with Gasteiger partial charge in [-0.05, 0) is 90.7 Å². The highest BCUT2D eigenvalue weighted by Crippen LogP contribution is 2.46. The number of methoxy groups -OCH3 is 1. The maximum absolute atomic E-state index is 14.8. The smallest absolute Gasteiger partial charge is 0.345 e. The van der Waals surface area contributed by atoms with Crippen LogP contribution in [-0.2, 0) is 17.8 Å². The molecule has 0 radical (unpaired) electrons. The molecule has 0 spiro atoms. The second kappa shape index (κ2) is 19.4. The van der Waals surface area contributed by atoms with Crippen molar-refractivity contribution in [2.24, 2.45) is 0 Å². The summed E-state index contributed by atoms with van der Waals surface area (Å²) < 4.78 is 58.4. The van der Waals surface area contributed by atoms with Crippen molar-refractivity contribution in [2.45, 2.75) is 26.1 Å². The van der Waals surface area contributed by atoms with E-state index in [1.165, 1.54) is 6.07 Å². The predicted molar refractivity (Wildman–Crippen MR) is 238 cm³/mol. The van der Waals surface area contributed by atoms with Gasteiger partial charge in [-0.2, -0.15) is 4.37 Å². The molecule has 3 aromatic heterocycles. The number of aliphatic carboxylic acids is 1. The predicted octanol–water partition coefficient (Wildman–Crippen LogP) is 9.01. The molecule has 1 atom stereocenters. The Bertz CT molecular complexity index is 2770. The molecular formula is C47H43ClF2N6O6S. The Labute approximate surface area is 371 Å². The average molecular weight is 893 g/mol. The highest BCUT2D eigenvalue weighted by atomic mass is 35.5. The third-order valence-corrected chi connectivity index (χ3v) is 12.1. The van der Waals surface area contributed by atoms with Gasteiger partial charge in [0.25, 0.3) is 0 Å². The van der Waals surface area contributed by atoms with Crippen LogP contribution in [0.5, 0.6) is 23.1 Å². The highest BCUT2D eigenvalue weighted by molar-refractivity contribution is 7.13. The monoisotopic (exact) mass is 892 g/mol. The topological polar surface area (TPSA) is 132 Å². The molecule has 1 saturated heterocycles. The largest absolute Gasteiger partial charge is 0.496 e. The summed E-state index contributed by atoms with van der Waals surface area (Å²) in [5.41, 5.74) is 4.14. The van der Waals surface area contributed by atoms with E-state index in [0.717, 1.165) is 62.0 Å². The van der Waals surface area contributed by atoms with Crippen LogP contribution in [0.4, 0.5) is 8.78 Å². The van der Waals surface area contributed by atoms with Crippen LogP contribution in [0, 0.1) is 18.6 Å². The molecule has 0 saturated carbocycles. The number of halogens is 3. The van der Waals surface area contributed by atoms with Gasteiger partial charge in [0.15, 0.2) is 17.5 Å². The Morgan fingerprint density at radius 3 is 2.46 bits per heavy atom. The molecule has 4 heterocycles. The van der Waals surface area contributed by atoms with Crippen molar-refractivity contribution in [1.82, 2.24) is 29.1 Å². The number of fused-ring (bicyclic) bond motifs is 1. The summed E-state index contributed by atoms with van der Waals surface area (Å²) in [6.45, 7) is 6.96. The molecule has 0 bridgehead atoms. The molecule has 4 aromatic carbocycles. The molecule has 1 aliphatic rings. The van der Waals surface area contributed by atoms with Crippen LogP contribution < -0.4 is 18.9 Å². The van der Waals surface area contributed by atoms with E-state index in [2.05, 4.69) is 31.2 Å². The van der Waals surface area contributed by atoms with Crippen LogP contribution in [0.1, 0.15) is 16.8 Å². The number of pyridine rings is 1. The first-order valence-corrected chi connectivity index (χ1v) is 21.4. The lowest BCUT2D eigenvalue weighted by molar-refractivity contribution is -0.145. The van der Waals surface area contributed by atoms with Crippen LogP contribution in [-0.4, -0.2) is 99.8 Å². The maximum atomic E-state index is 14.8. The van der Waals surface area contributed by atoms with E-state index in [-0.39, 0.29) is 24.5 Å². The number of rotatable bonds is 16. The first-order chi connectivity index (χ1) is 30.6. The van der Waals surface area contributed by atoms with E-state index in [9.17, 15) is 18.7 Å². The number of carboxylic acids is 1. The van der Waals surface area contributed by atoms with E-state index >= 15 is 0 Å². The van der Waals surface area contributed by atoms with Gasteiger partial charge >= 0.3 is 5.97 Å². The summed E-state index contributed by atoms with van der Waals surface area (Å²) in [6.07, 6.45) is 1.67.